The minimum absolute atomic E-state index is 0.000597. The van der Waals surface area contributed by atoms with E-state index in [2.05, 4.69) is 22.0 Å². The van der Waals surface area contributed by atoms with Gasteiger partial charge in [0, 0.05) is 27.2 Å². The molecule has 1 heterocycles. The maximum atomic E-state index is 12.7. The molecule has 8 heteroatoms. The quantitative estimate of drug-likeness (QED) is 0.490. The molecule has 0 saturated heterocycles. The van der Waals surface area contributed by atoms with Crippen LogP contribution in [0.3, 0.4) is 0 Å². The van der Waals surface area contributed by atoms with Gasteiger partial charge in [-0.1, -0.05) is 40.2 Å². The molecule has 1 aliphatic heterocycles. The van der Waals surface area contributed by atoms with Crippen molar-refractivity contribution in [3.63, 3.8) is 0 Å². The number of phenols is 1. The second kappa shape index (κ2) is 9.27. The highest BCUT2D eigenvalue weighted by Gasteiger charge is 2.37. The number of hydrogen-bond acceptors (Lipinski definition) is 7. The number of nitrogens with two attached hydrogens (primary N) is 1. The second-order valence-electron chi connectivity index (χ2n) is 7.27. The molecule has 0 radical (unpaired) electrons. The van der Waals surface area contributed by atoms with Crippen LogP contribution in [0.5, 0.6) is 17.2 Å². The van der Waals surface area contributed by atoms with Gasteiger partial charge in [0.15, 0.2) is 0 Å². The van der Waals surface area contributed by atoms with Crippen molar-refractivity contribution in [3.8, 4) is 23.3 Å². The molecule has 0 saturated carbocycles. The largest absolute Gasteiger partial charge is 0.508 e. The fraction of sp³-hybridized carbons (Fsp3) is 0.120. The maximum absolute atomic E-state index is 12.7. The molecule has 1 aliphatic rings. The number of ether oxygens (including phenoxy) is 3. The Morgan fingerprint density at radius 1 is 1.18 bits per heavy atom. The first-order valence-electron chi connectivity index (χ1n) is 9.92. The van der Waals surface area contributed by atoms with E-state index in [0.29, 0.717) is 28.2 Å². The van der Waals surface area contributed by atoms with Gasteiger partial charge in [-0.2, -0.15) is 5.26 Å². The number of carbonyl (C=O) groups is 1. The predicted octanol–water partition coefficient (Wildman–Crippen LogP) is 4.47. The zero-order chi connectivity index (χ0) is 23.5. The molecule has 0 amide bonds. The summed E-state index contributed by atoms with van der Waals surface area (Å²) in [6.07, 6.45) is 0. The van der Waals surface area contributed by atoms with Crippen LogP contribution < -0.4 is 15.2 Å². The van der Waals surface area contributed by atoms with Crippen molar-refractivity contribution in [2.75, 3.05) is 7.11 Å². The molecule has 33 heavy (non-hydrogen) atoms. The van der Waals surface area contributed by atoms with Gasteiger partial charge in [0.05, 0.1) is 24.7 Å². The molecule has 166 valence electrons. The zero-order valence-electron chi connectivity index (χ0n) is 17.5. The Labute approximate surface area is 198 Å². The summed E-state index contributed by atoms with van der Waals surface area (Å²) in [4.78, 5) is 12.7. The average Bonchev–Trinajstić information content (AvgIpc) is 2.82. The highest BCUT2D eigenvalue weighted by Crippen LogP contribution is 2.47. The van der Waals surface area contributed by atoms with Crippen LogP contribution in [0.15, 0.2) is 76.6 Å². The standard InChI is InChI=1S/C25H19BrN2O5/c1-31-25(30)23-22(18-8-7-17(29)11-21(18)33-24(23)28)19-10-16(26)6-9-20(19)32-13-15-5-3-2-4-14(15)12-27/h2-11,22,29H,13,28H2,1H3/t22-/m0/s1. The van der Waals surface area contributed by atoms with Gasteiger partial charge in [-0.15, -0.1) is 0 Å². The molecule has 0 spiro atoms. The van der Waals surface area contributed by atoms with Gasteiger partial charge in [-0.05, 0) is 30.3 Å². The lowest BCUT2D eigenvalue weighted by Crippen LogP contribution is -2.27. The van der Waals surface area contributed by atoms with Crippen LogP contribution in [0, 0.1) is 11.3 Å². The molecule has 0 aromatic heterocycles. The van der Waals surface area contributed by atoms with Gasteiger partial charge >= 0.3 is 5.97 Å². The van der Waals surface area contributed by atoms with Crippen molar-refractivity contribution < 1.29 is 24.1 Å². The summed E-state index contributed by atoms with van der Waals surface area (Å²) in [5.74, 6) is -0.624. The number of aromatic hydroxyl groups is 1. The Hall–Kier alpha value is -3.96. The molecular weight excluding hydrogens is 488 g/mol. The van der Waals surface area contributed by atoms with Gasteiger partial charge in [0.1, 0.15) is 29.4 Å². The van der Waals surface area contributed by atoms with Crippen molar-refractivity contribution in [1.82, 2.24) is 0 Å². The van der Waals surface area contributed by atoms with Crippen LogP contribution in [-0.4, -0.2) is 18.2 Å². The summed E-state index contributed by atoms with van der Waals surface area (Å²) in [6, 6.07) is 19.4. The number of fused-ring (bicyclic) bond motifs is 1. The molecule has 3 aromatic rings. The van der Waals surface area contributed by atoms with Crippen molar-refractivity contribution in [1.29, 1.82) is 5.26 Å². The van der Waals surface area contributed by atoms with E-state index >= 15 is 0 Å². The SMILES string of the molecule is COC(=O)C1=C(N)Oc2cc(O)ccc2[C@H]1c1cc(Br)ccc1OCc1ccccc1C#N. The summed E-state index contributed by atoms with van der Waals surface area (Å²) in [7, 11) is 1.27. The number of methoxy groups -OCH3 is 1. The number of nitrogens with zero attached hydrogens (tertiary/aromatic N) is 1. The molecule has 3 aromatic carbocycles. The van der Waals surface area contributed by atoms with Crippen LogP contribution >= 0.6 is 15.9 Å². The first kappa shape index (κ1) is 22.2. The van der Waals surface area contributed by atoms with Crippen molar-refractivity contribution in [2.24, 2.45) is 5.73 Å². The Morgan fingerprint density at radius 3 is 2.73 bits per heavy atom. The average molecular weight is 507 g/mol. The van der Waals surface area contributed by atoms with Crippen molar-refractivity contribution >= 4 is 21.9 Å². The predicted molar refractivity (Wildman–Crippen MR) is 123 cm³/mol. The fourth-order valence-corrected chi connectivity index (χ4v) is 4.14. The molecular formula is C25H19BrN2O5. The Bertz CT molecular complexity index is 1310. The number of esters is 1. The topological polar surface area (TPSA) is 115 Å². The highest BCUT2D eigenvalue weighted by molar-refractivity contribution is 9.10. The summed E-state index contributed by atoms with van der Waals surface area (Å²) in [5.41, 5.74) is 8.74. The van der Waals surface area contributed by atoms with E-state index in [1.807, 2.05) is 24.3 Å². The van der Waals surface area contributed by atoms with E-state index in [1.165, 1.54) is 19.2 Å². The number of halogens is 1. The van der Waals surface area contributed by atoms with Crippen LogP contribution in [0.4, 0.5) is 0 Å². The molecule has 0 unspecified atom stereocenters. The van der Waals surface area contributed by atoms with Crippen molar-refractivity contribution in [2.45, 2.75) is 12.5 Å². The first-order chi connectivity index (χ1) is 15.9. The lowest BCUT2D eigenvalue weighted by Gasteiger charge is -2.29. The summed E-state index contributed by atoms with van der Waals surface area (Å²) in [6.45, 7) is 0.150. The normalized spacial score (nSPS) is 14.6. The first-order valence-corrected chi connectivity index (χ1v) is 10.7. The van der Waals surface area contributed by atoms with Crippen LogP contribution in [0.1, 0.15) is 28.2 Å². The van der Waals surface area contributed by atoms with Gasteiger partial charge < -0.3 is 25.1 Å². The third-order valence-corrected chi connectivity index (χ3v) is 5.78. The number of phenolic OH excluding ortho intramolecular Hbond substituents is 1. The molecule has 4 rings (SSSR count). The minimum Gasteiger partial charge on any atom is -0.508 e. The Morgan fingerprint density at radius 2 is 1.97 bits per heavy atom. The molecule has 1 atom stereocenters. The minimum atomic E-state index is -0.680. The van der Waals surface area contributed by atoms with Crippen LogP contribution in [0.2, 0.25) is 0 Å². The van der Waals surface area contributed by atoms with E-state index in [0.717, 1.165) is 10.0 Å². The molecule has 7 nitrogen and oxygen atoms in total. The molecule has 3 N–H and O–H groups in total. The Kier molecular flexibility index (Phi) is 6.24. The van der Waals surface area contributed by atoms with E-state index in [9.17, 15) is 15.2 Å². The van der Waals surface area contributed by atoms with E-state index in [4.69, 9.17) is 19.9 Å². The lowest BCUT2D eigenvalue weighted by atomic mass is 9.82. The van der Waals surface area contributed by atoms with Crippen LogP contribution in [-0.2, 0) is 16.1 Å². The monoisotopic (exact) mass is 506 g/mol. The van der Waals surface area contributed by atoms with Gasteiger partial charge in [-0.25, -0.2) is 4.79 Å². The Balaban J connectivity index is 1.84. The van der Waals surface area contributed by atoms with E-state index < -0.39 is 11.9 Å². The molecule has 0 aliphatic carbocycles. The number of nitriles is 1. The summed E-state index contributed by atoms with van der Waals surface area (Å²) < 4.78 is 17.5. The number of benzene rings is 3. The van der Waals surface area contributed by atoms with Crippen molar-refractivity contribution in [3.05, 3.63) is 98.8 Å². The number of carbonyl (C=O) groups excluding carboxylic acids is 1. The van der Waals surface area contributed by atoms with E-state index in [1.54, 1.807) is 24.3 Å². The molecule has 0 fully saturated rings. The second-order valence-corrected chi connectivity index (χ2v) is 8.18. The number of rotatable bonds is 5. The number of hydrogen-bond donors (Lipinski definition) is 2. The third-order valence-electron chi connectivity index (χ3n) is 5.29. The highest BCUT2D eigenvalue weighted by atomic mass is 79.9. The van der Waals surface area contributed by atoms with E-state index in [-0.39, 0.29) is 23.8 Å². The lowest BCUT2D eigenvalue weighted by molar-refractivity contribution is -0.136. The fourth-order valence-electron chi connectivity index (χ4n) is 3.76. The smallest absolute Gasteiger partial charge is 0.340 e. The summed E-state index contributed by atoms with van der Waals surface area (Å²) in [5, 5.41) is 19.3. The third kappa shape index (κ3) is 4.36. The van der Waals surface area contributed by atoms with Gasteiger partial charge in [0.2, 0.25) is 5.88 Å². The summed E-state index contributed by atoms with van der Waals surface area (Å²) >= 11 is 3.49. The molecule has 0 bridgehead atoms. The maximum Gasteiger partial charge on any atom is 0.340 e. The van der Waals surface area contributed by atoms with Crippen LogP contribution in [0.25, 0.3) is 0 Å². The van der Waals surface area contributed by atoms with Gasteiger partial charge in [0.25, 0.3) is 0 Å². The zero-order valence-corrected chi connectivity index (χ0v) is 19.1. The van der Waals surface area contributed by atoms with Gasteiger partial charge in [-0.3, -0.25) is 0 Å².